The zero-order chi connectivity index (χ0) is 20.0. The van der Waals surface area contributed by atoms with Crippen molar-refractivity contribution >= 4 is 17.3 Å². The van der Waals surface area contributed by atoms with E-state index in [1.165, 1.54) is 12.1 Å². The number of para-hydroxylation sites is 1. The third-order valence-electron chi connectivity index (χ3n) is 5.31. The molecule has 146 valence electrons. The minimum absolute atomic E-state index is 0.0158. The lowest BCUT2D eigenvalue weighted by Crippen LogP contribution is -2.33. The van der Waals surface area contributed by atoms with Crippen molar-refractivity contribution in [2.24, 2.45) is 5.10 Å². The first-order valence-corrected chi connectivity index (χ1v) is 9.72. The van der Waals surface area contributed by atoms with Crippen LogP contribution >= 0.6 is 11.6 Å². The molecule has 5 rings (SSSR count). The Morgan fingerprint density at radius 1 is 1.10 bits per heavy atom. The molecular weight excluding hydrogens is 391 g/mol. The second-order valence-corrected chi connectivity index (χ2v) is 7.49. The molecule has 0 radical (unpaired) electrons. The summed E-state index contributed by atoms with van der Waals surface area (Å²) < 4.78 is 25.3. The van der Waals surface area contributed by atoms with Gasteiger partial charge in [0.25, 0.3) is 0 Å². The number of methoxy groups -OCH3 is 1. The normalized spacial score (nSPS) is 19.8. The predicted molar refractivity (Wildman–Crippen MR) is 110 cm³/mol. The first kappa shape index (κ1) is 18.0. The molecule has 0 N–H and O–H groups in total. The van der Waals surface area contributed by atoms with Gasteiger partial charge in [-0.1, -0.05) is 48.0 Å². The van der Waals surface area contributed by atoms with Crippen LogP contribution in [0.2, 0.25) is 5.02 Å². The molecule has 3 aromatic rings. The fraction of sp³-hybridized carbons (Fsp3) is 0.174. The van der Waals surface area contributed by atoms with E-state index in [0.717, 1.165) is 28.2 Å². The molecule has 2 heterocycles. The molecule has 2 aliphatic rings. The third kappa shape index (κ3) is 3.12. The van der Waals surface area contributed by atoms with Gasteiger partial charge in [-0.15, -0.1) is 0 Å². The van der Waals surface area contributed by atoms with Crippen LogP contribution < -0.4 is 9.47 Å². The van der Waals surface area contributed by atoms with E-state index >= 15 is 0 Å². The van der Waals surface area contributed by atoms with E-state index in [1.807, 2.05) is 47.5 Å². The van der Waals surface area contributed by atoms with E-state index in [0.29, 0.717) is 17.2 Å². The van der Waals surface area contributed by atoms with Crippen molar-refractivity contribution in [2.45, 2.75) is 18.7 Å². The zero-order valence-corrected chi connectivity index (χ0v) is 16.4. The molecule has 0 bridgehead atoms. The van der Waals surface area contributed by atoms with Gasteiger partial charge in [0.05, 0.1) is 18.9 Å². The first-order chi connectivity index (χ1) is 14.1. The van der Waals surface area contributed by atoms with Gasteiger partial charge < -0.3 is 9.47 Å². The van der Waals surface area contributed by atoms with Crippen LogP contribution in [0, 0.1) is 5.82 Å². The number of benzene rings is 3. The van der Waals surface area contributed by atoms with Gasteiger partial charge in [-0.2, -0.15) is 5.10 Å². The summed E-state index contributed by atoms with van der Waals surface area (Å²) in [4.78, 5) is 0. The maximum absolute atomic E-state index is 13.4. The Labute approximate surface area is 173 Å². The summed E-state index contributed by atoms with van der Waals surface area (Å²) in [7, 11) is 1.63. The fourth-order valence-corrected chi connectivity index (χ4v) is 4.14. The Bertz CT molecular complexity index is 1100. The Hall–Kier alpha value is -3.05. The topological polar surface area (TPSA) is 34.1 Å². The average molecular weight is 409 g/mol. The van der Waals surface area contributed by atoms with E-state index in [2.05, 4.69) is 0 Å². The number of fused-ring (bicyclic) bond motifs is 3. The summed E-state index contributed by atoms with van der Waals surface area (Å²) in [5.74, 6) is 1.14. The number of ether oxygens (including phenoxy) is 2. The highest BCUT2D eigenvalue weighted by Gasteiger charge is 2.42. The molecule has 0 saturated carbocycles. The molecule has 3 aromatic carbocycles. The minimum Gasteiger partial charge on any atom is -0.493 e. The van der Waals surface area contributed by atoms with Crippen LogP contribution in [0.4, 0.5) is 4.39 Å². The highest BCUT2D eigenvalue weighted by molar-refractivity contribution is 6.30. The summed E-state index contributed by atoms with van der Waals surface area (Å²) in [5.41, 5.74) is 3.71. The Morgan fingerprint density at radius 3 is 2.66 bits per heavy atom. The maximum Gasteiger partial charge on any atom is 0.214 e. The number of hydrazone groups is 1. The maximum atomic E-state index is 13.4. The Morgan fingerprint density at radius 2 is 1.90 bits per heavy atom. The second-order valence-electron chi connectivity index (χ2n) is 7.06. The van der Waals surface area contributed by atoms with E-state index in [9.17, 15) is 4.39 Å². The van der Waals surface area contributed by atoms with Crippen LogP contribution in [-0.2, 0) is 0 Å². The second kappa shape index (κ2) is 7.08. The number of rotatable bonds is 3. The van der Waals surface area contributed by atoms with E-state index in [4.69, 9.17) is 26.2 Å². The van der Waals surface area contributed by atoms with Crippen molar-refractivity contribution < 1.29 is 13.9 Å². The van der Waals surface area contributed by atoms with Crippen LogP contribution in [0.25, 0.3) is 0 Å². The third-order valence-corrected chi connectivity index (χ3v) is 5.55. The van der Waals surface area contributed by atoms with Crippen LogP contribution in [0.1, 0.15) is 35.4 Å². The van der Waals surface area contributed by atoms with Crippen molar-refractivity contribution in [1.82, 2.24) is 5.01 Å². The highest BCUT2D eigenvalue weighted by atomic mass is 35.5. The van der Waals surface area contributed by atoms with Gasteiger partial charge in [0.2, 0.25) is 6.23 Å². The van der Waals surface area contributed by atoms with Crippen LogP contribution in [0.15, 0.2) is 71.8 Å². The van der Waals surface area contributed by atoms with Gasteiger partial charge >= 0.3 is 0 Å². The van der Waals surface area contributed by atoms with Gasteiger partial charge in [-0.25, -0.2) is 9.40 Å². The molecule has 0 unspecified atom stereocenters. The molecule has 4 nitrogen and oxygen atoms in total. The number of hydrogen-bond acceptors (Lipinski definition) is 4. The SMILES string of the molecule is COc1cccc2c1O[C@H](c1cccc(Cl)c1)N1N=C(c3ccc(F)cc3)C[C@H]21. The van der Waals surface area contributed by atoms with Crippen LogP contribution in [0.3, 0.4) is 0 Å². The number of nitrogens with zero attached hydrogens (tertiary/aromatic N) is 2. The summed E-state index contributed by atoms with van der Waals surface area (Å²) in [6.07, 6.45) is 0.243. The quantitative estimate of drug-likeness (QED) is 0.555. The highest BCUT2D eigenvalue weighted by Crippen LogP contribution is 2.50. The van der Waals surface area contributed by atoms with E-state index < -0.39 is 6.23 Å². The zero-order valence-electron chi connectivity index (χ0n) is 15.7. The molecule has 0 aromatic heterocycles. The molecule has 0 spiro atoms. The Balaban J connectivity index is 1.62. The lowest BCUT2D eigenvalue weighted by atomic mass is 9.95. The summed E-state index contributed by atoms with van der Waals surface area (Å²) in [6.45, 7) is 0. The Kier molecular flexibility index (Phi) is 4.40. The number of hydrogen-bond donors (Lipinski definition) is 0. The van der Waals surface area contributed by atoms with E-state index in [-0.39, 0.29) is 11.9 Å². The molecule has 0 aliphatic carbocycles. The van der Waals surface area contributed by atoms with Crippen molar-refractivity contribution in [2.75, 3.05) is 7.11 Å². The predicted octanol–water partition coefficient (Wildman–Crippen LogP) is 5.73. The molecular formula is C23H18ClFN2O2. The molecule has 2 atom stereocenters. The molecule has 2 aliphatic heterocycles. The minimum atomic E-state index is -0.444. The van der Waals surface area contributed by atoms with Gasteiger partial charge in [-0.3, -0.25) is 0 Å². The molecule has 0 amide bonds. The standard InChI is InChI=1S/C23H18ClFN2O2/c1-28-21-7-3-6-18-20-13-19(14-8-10-17(25)11-9-14)26-27(20)23(29-22(18)21)15-4-2-5-16(24)12-15/h2-12,20,23H,13H2,1H3/t20-,23-/m1/s1. The van der Waals surface area contributed by atoms with Crippen molar-refractivity contribution in [3.05, 3.63) is 94.3 Å². The van der Waals surface area contributed by atoms with Crippen molar-refractivity contribution in [3.8, 4) is 11.5 Å². The molecule has 6 heteroatoms. The molecule has 29 heavy (non-hydrogen) atoms. The van der Waals surface area contributed by atoms with E-state index in [1.54, 1.807) is 19.2 Å². The van der Waals surface area contributed by atoms with Gasteiger partial charge in [0.15, 0.2) is 11.5 Å². The smallest absolute Gasteiger partial charge is 0.214 e. The largest absolute Gasteiger partial charge is 0.493 e. The lowest BCUT2D eigenvalue weighted by molar-refractivity contribution is -0.0208. The average Bonchev–Trinajstić information content (AvgIpc) is 3.19. The van der Waals surface area contributed by atoms with Crippen molar-refractivity contribution in [1.29, 1.82) is 0 Å². The number of halogens is 2. The first-order valence-electron chi connectivity index (χ1n) is 9.35. The summed E-state index contributed by atoms with van der Waals surface area (Å²) in [6, 6.07) is 19.9. The van der Waals surface area contributed by atoms with Gasteiger partial charge in [0.1, 0.15) is 5.82 Å². The van der Waals surface area contributed by atoms with Crippen molar-refractivity contribution in [3.63, 3.8) is 0 Å². The van der Waals surface area contributed by atoms with Crippen LogP contribution in [0.5, 0.6) is 11.5 Å². The van der Waals surface area contributed by atoms with Gasteiger partial charge in [-0.05, 0) is 35.9 Å². The lowest BCUT2D eigenvalue weighted by Gasteiger charge is -2.38. The molecule has 0 fully saturated rings. The summed E-state index contributed by atoms with van der Waals surface area (Å²) >= 11 is 6.24. The van der Waals surface area contributed by atoms with Crippen LogP contribution in [-0.4, -0.2) is 17.8 Å². The van der Waals surface area contributed by atoms with Gasteiger partial charge in [0, 0.05) is 22.6 Å². The molecule has 0 saturated heterocycles. The fourth-order valence-electron chi connectivity index (χ4n) is 3.94. The monoisotopic (exact) mass is 408 g/mol. The summed E-state index contributed by atoms with van der Waals surface area (Å²) in [5, 5.41) is 7.47.